The number of carbonyl (C=O) groups is 1. The minimum absolute atomic E-state index is 0.0101. The molecule has 0 spiro atoms. The molecule has 0 aromatic heterocycles. The first-order chi connectivity index (χ1) is 18.5. The van der Waals surface area contributed by atoms with Crippen LogP contribution in [0, 0.1) is 25.7 Å². The summed E-state index contributed by atoms with van der Waals surface area (Å²) in [5, 5.41) is 0.967. The van der Waals surface area contributed by atoms with E-state index >= 15 is 0 Å². The molecule has 0 saturated heterocycles. The topological polar surface area (TPSA) is 35.5 Å². The average molecular weight is 555 g/mol. The van der Waals surface area contributed by atoms with Gasteiger partial charge in [-0.15, -0.1) is 0 Å². The van der Waals surface area contributed by atoms with Gasteiger partial charge in [-0.25, -0.2) is 0 Å². The van der Waals surface area contributed by atoms with Crippen molar-refractivity contribution in [3.63, 3.8) is 0 Å². The van der Waals surface area contributed by atoms with Gasteiger partial charge >= 0.3 is 0 Å². The Morgan fingerprint density at radius 3 is 1.85 bits per heavy atom. The van der Waals surface area contributed by atoms with E-state index in [9.17, 15) is 4.79 Å². The van der Waals surface area contributed by atoms with Crippen molar-refractivity contribution in [2.75, 3.05) is 13.2 Å². The number of aryl methyl sites for hydroxylation is 2. The van der Waals surface area contributed by atoms with Crippen LogP contribution in [0.1, 0.15) is 127 Å². The van der Waals surface area contributed by atoms with Gasteiger partial charge in [-0.05, 0) is 81.3 Å². The normalized spacial score (nSPS) is 13.6. The molecule has 39 heavy (non-hydrogen) atoms. The zero-order valence-electron chi connectivity index (χ0n) is 26.3. The van der Waals surface area contributed by atoms with Crippen LogP contribution in [0.25, 0.3) is 0 Å². The van der Waals surface area contributed by atoms with Crippen LogP contribution in [0.4, 0.5) is 0 Å². The number of carbonyl (C=O) groups excluding carboxylic acids is 1. The lowest BCUT2D eigenvalue weighted by atomic mass is 9.84. The highest BCUT2D eigenvalue weighted by Crippen LogP contribution is 2.33. The van der Waals surface area contributed by atoms with Crippen molar-refractivity contribution in [3.05, 3.63) is 52.6 Å². The Bertz CT molecular complexity index is 1010. The first kappa shape index (κ1) is 33.3. The number of hydrogen-bond donors (Lipinski definition) is 0. The molecule has 2 rings (SSSR count). The Hall–Kier alpha value is -1.86. The van der Waals surface area contributed by atoms with Crippen LogP contribution < -0.4 is 14.8 Å². The summed E-state index contributed by atoms with van der Waals surface area (Å²) < 4.78 is 12.7. The first-order valence-electron chi connectivity index (χ1n) is 15.4. The van der Waals surface area contributed by atoms with E-state index in [1.54, 1.807) is 0 Å². The molecule has 0 bridgehead atoms. The molecule has 4 heteroatoms. The highest BCUT2D eigenvalue weighted by atomic mass is 31.1. The fourth-order valence-corrected chi connectivity index (χ4v) is 6.17. The van der Waals surface area contributed by atoms with Crippen LogP contribution in [-0.4, -0.2) is 18.7 Å². The highest BCUT2D eigenvalue weighted by Gasteiger charge is 2.21. The van der Waals surface area contributed by atoms with E-state index in [1.807, 2.05) is 12.1 Å². The lowest BCUT2D eigenvalue weighted by Crippen LogP contribution is -2.16. The monoisotopic (exact) mass is 554 g/mol. The molecule has 218 valence electrons. The molecule has 0 radical (unpaired) electrons. The number of hydrogen-bond acceptors (Lipinski definition) is 3. The van der Waals surface area contributed by atoms with Gasteiger partial charge in [0.2, 0.25) is 0 Å². The Morgan fingerprint density at radius 1 is 0.821 bits per heavy atom. The first-order valence-corrected chi connectivity index (χ1v) is 16.4. The molecule has 2 aromatic carbocycles. The summed E-state index contributed by atoms with van der Waals surface area (Å²) in [6, 6.07) is 10.5. The van der Waals surface area contributed by atoms with Crippen LogP contribution in [0.15, 0.2) is 30.3 Å². The van der Waals surface area contributed by atoms with Crippen LogP contribution in [-0.2, 0) is 5.41 Å². The summed E-state index contributed by atoms with van der Waals surface area (Å²) in [5.41, 5.74) is 4.46. The number of ether oxygens (including phenoxy) is 2. The minimum Gasteiger partial charge on any atom is -0.493 e. The third-order valence-corrected chi connectivity index (χ3v) is 9.03. The van der Waals surface area contributed by atoms with Crippen molar-refractivity contribution in [1.82, 2.24) is 0 Å². The summed E-state index contributed by atoms with van der Waals surface area (Å²) >= 11 is 0. The second kappa shape index (κ2) is 16.4. The zero-order valence-corrected chi connectivity index (χ0v) is 27.3. The Balaban J connectivity index is 2.30. The largest absolute Gasteiger partial charge is 0.493 e. The van der Waals surface area contributed by atoms with Gasteiger partial charge in [-0.2, -0.15) is 0 Å². The summed E-state index contributed by atoms with van der Waals surface area (Å²) in [7, 11) is 0.0101. The molecule has 2 aromatic rings. The van der Waals surface area contributed by atoms with Crippen LogP contribution >= 0.6 is 8.58 Å². The van der Waals surface area contributed by atoms with Crippen LogP contribution in [0.2, 0.25) is 0 Å². The summed E-state index contributed by atoms with van der Waals surface area (Å²) in [6.45, 7) is 21.1. The third kappa shape index (κ3) is 10.6. The SMILES string of the molecule is CCCCC(CC)COc1ccc(PC(=O)c2c(C)cc(C(C)(C)C)cc2C)c(OCC(CC)CCCC)c1. The van der Waals surface area contributed by atoms with Crippen molar-refractivity contribution in [3.8, 4) is 11.5 Å². The zero-order chi connectivity index (χ0) is 29.0. The smallest absolute Gasteiger partial charge is 0.186 e. The van der Waals surface area contributed by atoms with Crippen molar-refractivity contribution in [1.29, 1.82) is 0 Å². The molecule has 0 aliphatic heterocycles. The number of rotatable bonds is 17. The molecule has 0 aliphatic carbocycles. The molecule has 3 atom stereocenters. The fourth-order valence-electron chi connectivity index (χ4n) is 4.97. The molecule has 0 saturated carbocycles. The van der Waals surface area contributed by atoms with Gasteiger partial charge in [-0.3, -0.25) is 4.79 Å². The molecule has 3 unspecified atom stereocenters. The quantitative estimate of drug-likeness (QED) is 0.183. The van der Waals surface area contributed by atoms with Gasteiger partial charge in [0.25, 0.3) is 0 Å². The van der Waals surface area contributed by atoms with E-state index in [0.717, 1.165) is 52.9 Å². The molecule has 0 heterocycles. The summed E-state index contributed by atoms with van der Waals surface area (Å²) in [6.07, 6.45) is 9.47. The average Bonchev–Trinajstić information content (AvgIpc) is 2.89. The number of benzene rings is 2. The molecule has 0 fully saturated rings. The third-order valence-electron chi connectivity index (χ3n) is 7.87. The summed E-state index contributed by atoms with van der Waals surface area (Å²) in [5.74, 6) is 2.73. The molecular weight excluding hydrogens is 499 g/mol. The summed E-state index contributed by atoms with van der Waals surface area (Å²) in [4.78, 5) is 13.7. The van der Waals surface area contributed by atoms with Crippen molar-refractivity contribution in [2.24, 2.45) is 11.8 Å². The standard InChI is InChI=1S/C35H55O3P/c1-10-14-16-27(12-3)23-37-30-18-19-32(31(22-30)38-24-28(13-4)17-15-11-2)39-34(36)33-25(5)20-29(21-26(33)6)35(7,8)9/h18-22,27-28,39H,10-17,23-24H2,1-9H3. The highest BCUT2D eigenvalue weighted by molar-refractivity contribution is 7.66. The van der Waals surface area contributed by atoms with E-state index in [2.05, 4.69) is 80.5 Å². The predicted octanol–water partition coefficient (Wildman–Crippen LogP) is 9.94. The maximum absolute atomic E-state index is 13.7. The second-order valence-electron chi connectivity index (χ2n) is 12.3. The van der Waals surface area contributed by atoms with Gasteiger partial charge in [0.15, 0.2) is 5.52 Å². The van der Waals surface area contributed by atoms with Crippen LogP contribution in [0.5, 0.6) is 11.5 Å². The van der Waals surface area contributed by atoms with E-state index in [0.29, 0.717) is 18.4 Å². The van der Waals surface area contributed by atoms with Crippen LogP contribution in [0.3, 0.4) is 0 Å². The maximum atomic E-state index is 13.7. The van der Waals surface area contributed by atoms with Crippen molar-refractivity contribution < 1.29 is 14.3 Å². The Kier molecular flexibility index (Phi) is 14.0. The van der Waals surface area contributed by atoms with E-state index < -0.39 is 0 Å². The number of unbranched alkanes of at least 4 members (excludes halogenated alkanes) is 2. The van der Waals surface area contributed by atoms with Crippen molar-refractivity contribution in [2.45, 2.75) is 119 Å². The van der Waals surface area contributed by atoms with E-state index in [-0.39, 0.29) is 19.5 Å². The van der Waals surface area contributed by atoms with E-state index in [1.165, 1.54) is 44.1 Å². The van der Waals surface area contributed by atoms with Gasteiger partial charge in [0.1, 0.15) is 11.5 Å². The lowest BCUT2D eigenvalue weighted by Gasteiger charge is -2.22. The van der Waals surface area contributed by atoms with E-state index in [4.69, 9.17) is 9.47 Å². The lowest BCUT2D eigenvalue weighted by molar-refractivity contribution is 0.108. The van der Waals surface area contributed by atoms with Gasteiger partial charge in [0.05, 0.1) is 13.2 Å². The predicted molar refractivity (Wildman–Crippen MR) is 171 cm³/mol. The second-order valence-corrected chi connectivity index (χ2v) is 13.5. The Labute approximate surface area is 241 Å². The molecule has 0 aliphatic rings. The molecule has 0 N–H and O–H groups in total. The van der Waals surface area contributed by atoms with Gasteiger partial charge in [-0.1, -0.05) is 99.1 Å². The molecular formula is C35H55O3P. The maximum Gasteiger partial charge on any atom is 0.186 e. The van der Waals surface area contributed by atoms with Crippen molar-refractivity contribution >= 4 is 19.4 Å². The van der Waals surface area contributed by atoms with Gasteiger partial charge in [0, 0.05) is 16.9 Å². The minimum atomic E-state index is 0.0101. The molecule has 0 amide bonds. The Morgan fingerprint density at radius 2 is 1.36 bits per heavy atom. The van der Waals surface area contributed by atoms with Gasteiger partial charge < -0.3 is 9.47 Å². The molecule has 3 nitrogen and oxygen atoms in total. The fraction of sp³-hybridized carbons (Fsp3) is 0.629.